The van der Waals surface area contributed by atoms with E-state index in [0.717, 1.165) is 39.0 Å². The highest BCUT2D eigenvalue weighted by atomic mass is 35.5. The van der Waals surface area contributed by atoms with E-state index in [4.69, 9.17) is 0 Å². The number of aryl methyl sites for hydroxylation is 1. The topological polar surface area (TPSA) is 53.6 Å². The first-order valence-corrected chi connectivity index (χ1v) is 8.62. The Labute approximate surface area is 150 Å². The second kappa shape index (κ2) is 6.71. The number of nitrogens with zero attached hydrogens (tertiary/aromatic N) is 2. The van der Waals surface area contributed by atoms with Crippen LogP contribution in [0.1, 0.15) is 5.69 Å². The molecule has 2 heterocycles. The molecule has 0 saturated carbocycles. The molecule has 0 bridgehead atoms. The number of H-pyrrole nitrogens is 1. The van der Waals surface area contributed by atoms with Crippen LogP contribution in [0.15, 0.2) is 53.7 Å². The number of aromatic amines is 1. The fourth-order valence-corrected chi connectivity index (χ4v) is 3.42. The molecule has 0 radical (unpaired) electrons. The van der Waals surface area contributed by atoms with Crippen molar-refractivity contribution in [2.24, 2.45) is 0 Å². The van der Waals surface area contributed by atoms with Crippen molar-refractivity contribution in [3.63, 3.8) is 0 Å². The highest BCUT2D eigenvalue weighted by Crippen LogP contribution is 2.34. The Hall–Kier alpha value is -2.24. The fraction of sp³-hybridized carbons (Fsp3) is 0.111. The standard InChI is InChI=1S/C18H16N4S.ClH/c1-11-9-15(22-12-5-3-4-6-16(12)23-2)17-13(21-11)7-8-14-18(17)20-10-19-14;/h3-10,21-22H,1-2H3;1H. The van der Waals surface area contributed by atoms with Gasteiger partial charge in [-0.05, 0) is 43.5 Å². The van der Waals surface area contributed by atoms with E-state index in [1.54, 1.807) is 18.1 Å². The fourth-order valence-electron chi connectivity index (χ4n) is 2.87. The Morgan fingerprint density at radius 1 is 1.04 bits per heavy atom. The summed E-state index contributed by atoms with van der Waals surface area (Å²) in [6.07, 6.45) is 3.70. The van der Waals surface area contributed by atoms with Gasteiger partial charge in [-0.2, -0.15) is 0 Å². The number of pyridine rings is 1. The number of aromatic nitrogens is 3. The third kappa shape index (κ3) is 2.81. The Bertz CT molecular complexity index is 1010. The van der Waals surface area contributed by atoms with Crippen LogP contribution < -0.4 is 5.32 Å². The van der Waals surface area contributed by atoms with E-state index >= 15 is 0 Å². The summed E-state index contributed by atoms with van der Waals surface area (Å²) in [6, 6.07) is 14.5. The summed E-state index contributed by atoms with van der Waals surface area (Å²) in [6.45, 7) is 2.06. The molecule has 0 aliphatic carbocycles. The van der Waals surface area contributed by atoms with Crippen LogP contribution in [-0.4, -0.2) is 21.2 Å². The molecule has 4 rings (SSSR count). The largest absolute Gasteiger partial charge is 0.358 e. The number of fused-ring (bicyclic) bond motifs is 3. The van der Waals surface area contributed by atoms with E-state index in [1.165, 1.54) is 4.90 Å². The van der Waals surface area contributed by atoms with Crippen molar-refractivity contribution in [1.29, 1.82) is 0 Å². The number of imidazole rings is 1. The number of halogens is 1. The Morgan fingerprint density at radius 2 is 1.88 bits per heavy atom. The lowest BCUT2D eigenvalue weighted by Crippen LogP contribution is -1.96. The van der Waals surface area contributed by atoms with Gasteiger partial charge in [-0.25, -0.2) is 9.97 Å². The molecular weight excluding hydrogens is 340 g/mol. The van der Waals surface area contributed by atoms with Crippen molar-refractivity contribution in [1.82, 2.24) is 15.0 Å². The Morgan fingerprint density at radius 3 is 2.71 bits per heavy atom. The van der Waals surface area contributed by atoms with Gasteiger partial charge in [0, 0.05) is 21.5 Å². The van der Waals surface area contributed by atoms with E-state index in [-0.39, 0.29) is 12.4 Å². The number of nitrogens with one attached hydrogen (secondary N) is 2. The van der Waals surface area contributed by atoms with Crippen LogP contribution in [0, 0.1) is 6.92 Å². The molecule has 6 heteroatoms. The first-order valence-electron chi connectivity index (χ1n) is 7.39. The quantitative estimate of drug-likeness (QED) is 0.488. The lowest BCUT2D eigenvalue weighted by atomic mass is 10.1. The van der Waals surface area contributed by atoms with Crippen LogP contribution in [0.3, 0.4) is 0 Å². The predicted molar refractivity (Wildman–Crippen MR) is 105 cm³/mol. The number of rotatable bonds is 3. The van der Waals surface area contributed by atoms with Crippen LogP contribution in [-0.2, 0) is 0 Å². The van der Waals surface area contributed by atoms with Gasteiger partial charge < -0.3 is 10.3 Å². The summed E-state index contributed by atoms with van der Waals surface area (Å²) in [7, 11) is 0. The molecule has 0 atom stereocenters. The molecule has 2 N–H and O–H groups in total. The molecule has 2 aromatic carbocycles. The number of hydrogen-bond acceptors (Lipinski definition) is 4. The van der Waals surface area contributed by atoms with Crippen LogP contribution in [0.5, 0.6) is 0 Å². The molecule has 0 spiro atoms. The van der Waals surface area contributed by atoms with Gasteiger partial charge in [0.25, 0.3) is 0 Å². The average Bonchev–Trinajstić information content (AvgIpc) is 3.03. The molecule has 0 unspecified atom stereocenters. The summed E-state index contributed by atoms with van der Waals surface area (Å²) >= 11 is 1.73. The molecule has 0 aliphatic heterocycles. The van der Waals surface area contributed by atoms with Crippen LogP contribution >= 0.6 is 24.2 Å². The normalized spacial score (nSPS) is 10.8. The zero-order valence-electron chi connectivity index (χ0n) is 13.3. The summed E-state index contributed by atoms with van der Waals surface area (Å²) in [5, 5.41) is 4.65. The van der Waals surface area contributed by atoms with Gasteiger partial charge in [0.15, 0.2) is 0 Å². The molecule has 0 saturated heterocycles. The second-order valence-corrected chi connectivity index (χ2v) is 6.27. The number of anilines is 2. The Balaban J connectivity index is 0.00000169. The zero-order chi connectivity index (χ0) is 15.8. The smallest absolute Gasteiger partial charge is 0.116 e. The predicted octanol–water partition coefficient (Wildman–Crippen LogP) is 5.31. The van der Waals surface area contributed by atoms with Gasteiger partial charge in [0.1, 0.15) is 11.8 Å². The maximum absolute atomic E-state index is 4.45. The third-order valence-electron chi connectivity index (χ3n) is 3.88. The first-order chi connectivity index (χ1) is 11.3. The summed E-state index contributed by atoms with van der Waals surface area (Å²) in [4.78, 5) is 13.4. The lowest BCUT2D eigenvalue weighted by Gasteiger charge is -2.14. The summed E-state index contributed by atoms with van der Waals surface area (Å²) < 4.78 is 0. The maximum atomic E-state index is 4.45. The molecule has 4 nitrogen and oxygen atoms in total. The monoisotopic (exact) mass is 356 g/mol. The second-order valence-electron chi connectivity index (χ2n) is 5.42. The van der Waals surface area contributed by atoms with E-state index in [2.05, 4.69) is 63.8 Å². The minimum Gasteiger partial charge on any atom is -0.358 e. The molecule has 0 aliphatic rings. The molecule has 2 aromatic heterocycles. The van der Waals surface area contributed by atoms with Gasteiger partial charge in [-0.15, -0.1) is 24.2 Å². The van der Waals surface area contributed by atoms with E-state index in [1.807, 2.05) is 12.1 Å². The van der Waals surface area contributed by atoms with Crippen molar-refractivity contribution in [3.8, 4) is 0 Å². The number of thioether (sulfide) groups is 1. The minimum atomic E-state index is 0. The maximum Gasteiger partial charge on any atom is 0.116 e. The highest BCUT2D eigenvalue weighted by molar-refractivity contribution is 7.98. The van der Waals surface area contributed by atoms with E-state index < -0.39 is 0 Å². The van der Waals surface area contributed by atoms with Crippen LogP contribution in [0.4, 0.5) is 11.4 Å². The lowest BCUT2D eigenvalue weighted by molar-refractivity contribution is 1.25. The SMILES string of the molecule is CSc1ccccc1Nc1cc(C)[nH]c2ccc3ncnc3c12.Cl. The molecular formula is C18H17ClN4S. The van der Waals surface area contributed by atoms with Crippen molar-refractivity contribution in [3.05, 3.63) is 54.5 Å². The summed E-state index contributed by atoms with van der Waals surface area (Å²) in [5.74, 6) is 0. The highest BCUT2D eigenvalue weighted by Gasteiger charge is 2.11. The zero-order valence-corrected chi connectivity index (χ0v) is 15.0. The van der Waals surface area contributed by atoms with Crippen LogP contribution in [0.25, 0.3) is 21.9 Å². The van der Waals surface area contributed by atoms with Gasteiger partial charge in [-0.3, -0.25) is 0 Å². The summed E-state index contributed by atoms with van der Waals surface area (Å²) in [5.41, 5.74) is 6.13. The average molecular weight is 357 g/mol. The molecule has 0 fully saturated rings. The number of benzene rings is 2. The van der Waals surface area contributed by atoms with Gasteiger partial charge >= 0.3 is 0 Å². The molecule has 4 aromatic rings. The Kier molecular flexibility index (Phi) is 4.64. The third-order valence-corrected chi connectivity index (χ3v) is 4.67. The molecule has 0 amide bonds. The number of para-hydroxylation sites is 1. The van der Waals surface area contributed by atoms with Crippen LogP contribution in [0.2, 0.25) is 0 Å². The van der Waals surface area contributed by atoms with Crippen molar-refractivity contribution < 1.29 is 0 Å². The number of hydrogen-bond donors (Lipinski definition) is 2. The van der Waals surface area contributed by atoms with Crippen molar-refractivity contribution >= 4 is 57.5 Å². The van der Waals surface area contributed by atoms with Gasteiger partial charge in [-0.1, -0.05) is 12.1 Å². The van der Waals surface area contributed by atoms with Crippen molar-refractivity contribution in [2.45, 2.75) is 11.8 Å². The van der Waals surface area contributed by atoms with E-state index in [9.17, 15) is 0 Å². The van der Waals surface area contributed by atoms with Crippen molar-refractivity contribution in [2.75, 3.05) is 11.6 Å². The first kappa shape index (κ1) is 16.6. The molecule has 122 valence electrons. The van der Waals surface area contributed by atoms with E-state index in [0.29, 0.717) is 0 Å². The van der Waals surface area contributed by atoms with Gasteiger partial charge in [0.05, 0.1) is 16.9 Å². The molecule has 24 heavy (non-hydrogen) atoms. The minimum absolute atomic E-state index is 0. The van der Waals surface area contributed by atoms with Gasteiger partial charge in [0.2, 0.25) is 0 Å².